The fraction of sp³-hybridized carbons (Fsp3) is 0.217. The summed E-state index contributed by atoms with van der Waals surface area (Å²) in [6.07, 6.45) is 0.985. The molecule has 0 aromatic heterocycles. The smallest absolute Gasteiger partial charge is 0.266 e. The van der Waals surface area contributed by atoms with Gasteiger partial charge in [-0.3, -0.25) is 24.4 Å². The maximum atomic E-state index is 12.7. The SMILES string of the molecule is O=[N+]([O-])c1ccc(CC[C@H](COS(=O)(=O)c2ccc(Br)cc2)Cc2ccc(Cl)cc2)c([N+](=O)[O-])c1. The molecule has 0 saturated carbocycles. The zero-order valence-corrected chi connectivity index (χ0v) is 21.3. The Morgan fingerprint density at radius 3 is 2.20 bits per heavy atom. The Morgan fingerprint density at radius 2 is 1.60 bits per heavy atom. The Hall–Kier alpha value is -2.86. The summed E-state index contributed by atoms with van der Waals surface area (Å²) < 4.78 is 31.4. The molecule has 0 radical (unpaired) electrons. The van der Waals surface area contributed by atoms with Gasteiger partial charge in [-0.25, -0.2) is 0 Å². The molecule has 0 saturated heterocycles. The van der Waals surface area contributed by atoms with Gasteiger partial charge in [-0.1, -0.05) is 39.7 Å². The van der Waals surface area contributed by atoms with E-state index in [0.717, 1.165) is 16.1 Å². The number of hydrogen-bond acceptors (Lipinski definition) is 7. The van der Waals surface area contributed by atoms with Crippen LogP contribution in [-0.4, -0.2) is 24.9 Å². The number of nitro groups is 2. The van der Waals surface area contributed by atoms with Gasteiger partial charge in [0, 0.05) is 21.1 Å². The first-order chi connectivity index (χ1) is 16.5. The first-order valence-corrected chi connectivity index (χ1v) is 12.9. The number of halogens is 2. The molecule has 3 aromatic carbocycles. The summed E-state index contributed by atoms with van der Waals surface area (Å²) in [6, 6.07) is 16.6. The zero-order chi connectivity index (χ0) is 25.6. The maximum absolute atomic E-state index is 12.7. The van der Waals surface area contributed by atoms with E-state index in [0.29, 0.717) is 23.4 Å². The van der Waals surface area contributed by atoms with E-state index in [1.807, 2.05) is 12.1 Å². The third-order valence-electron chi connectivity index (χ3n) is 5.30. The van der Waals surface area contributed by atoms with Crippen LogP contribution in [0.3, 0.4) is 0 Å². The van der Waals surface area contributed by atoms with Crippen LogP contribution in [0.2, 0.25) is 5.02 Å². The minimum atomic E-state index is -4.02. The topological polar surface area (TPSA) is 130 Å². The molecule has 0 aliphatic carbocycles. The van der Waals surface area contributed by atoms with Crippen LogP contribution in [0.1, 0.15) is 17.5 Å². The van der Waals surface area contributed by atoms with Gasteiger partial charge in [-0.05, 0) is 73.2 Å². The van der Waals surface area contributed by atoms with Crippen molar-refractivity contribution in [2.75, 3.05) is 6.61 Å². The quantitative estimate of drug-likeness (QED) is 0.151. The van der Waals surface area contributed by atoms with Gasteiger partial charge < -0.3 is 0 Å². The number of nitrogens with zero attached hydrogens (tertiary/aromatic N) is 2. The number of hydrogen-bond donors (Lipinski definition) is 0. The van der Waals surface area contributed by atoms with E-state index >= 15 is 0 Å². The van der Waals surface area contributed by atoms with Crippen LogP contribution in [-0.2, 0) is 27.1 Å². The number of benzene rings is 3. The lowest BCUT2D eigenvalue weighted by Gasteiger charge is -2.17. The standard InChI is InChI=1S/C23H20BrClN2O7S/c24-19-6-11-22(12-7-19)35(32,33)34-15-17(13-16-2-8-20(25)9-3-16)1-4-18-5-10-21(26(28)29)14-23(18)27(30)31/h2-3,5-12,14,17H,1,4,13,15H2/t17-/m0/s1. The van der Waals surface area contributed by atoms with Crippen LogP contribution >= 0.6 is 27.5 Å². The van der Waals surface area contributed by atoms with Crippen molar-refractivity contribution in [3.05, 3.63) is 108 Å². The molecule has 0 amide bonds. The molecule has 1 atom stereocenters. The summed E-state index contributed by atoms with van der Waals surface area (Å²) in [5.74, 6) is -0.323. The van der Waals surface area contributed by atoms with Gasteiger partial charge in [0.25, 0.3) is 21.5 Å². The average molecular weight is 584 g/mol. The molecule has 184 valence electrons. The number of aryl methyl sites for hydroxylation is 1. The Morgan fingerprint density at radius 1 is 0.943 bits per heavy atom. The van der Waals surface area contributed by atoms with E-state index in [4.69, 9.17) is 15.8 Å². The third kappa shape index (κ3) is 7.56. The molecule has 3 aromatic rings. The molecule has 0 N–H and O–H groups in total. The highest BCUT2D eigenvalue weighted by molar-refractivity contribution is 9.10. The molecular formula is C23H20BrClN2O7S. The summed E-state index contributed by atoms with van der Waals surface area (Å²) in [7, 11) is -4.02. The van der Waals surface area contributed by atoms with Gasteiger partial charge in [0.15, 0.2) is 0 Å². The summed E-state index contributed by atoms with van der Waals surface area (Å²) >= 11 is 9.21. The van der Waals surface area contributed by atoms with Crippen molar-refractivity contribution in [3.8, 4) is 0 Å². The molecule has 0 aliphatic heterocycles. The lowest BCUT2D eigenvalue weighted by molar-refractivity contribution is -0.394. The van der Waals surface area contributed by atoms with Gasteiger partial charge in [0.05, 0.1) is 27.4 Å². The molecule has 35 heavy (non-hydrogen) atoms. The molecule has 3 rings (SSSR count). The molecule has 0 bridgehead atoms. The highest BCUT2D eigenvalue weighted by atomic mass is 79.9. The van der Waals surface area contributed by atoms with Crippen molar-refractivity contribution in [2.45, 2.75) is 24.2 Å². The van der Waals surface area contributed by atoms with Gasteiger partial charge in [0.1, 0.15) is 0 Å². The lowest BCUT2D eigenvalue weighted by Crippen LogP contribution is -2.18. The van der Waals surface area contributed by atoms with Crippen molar-refractivity contribution in [3.63, 3.8) is 0 Å². The number of non-ortho nitro benzene ring substituents is 1. The molecular weight excluding hydrogens is 564 g/mol. The van der Waals surface area contributed by atoms with E-state index in [-0.39, 0.29) is 35.2 Å². The number of rotatable bonds is 11. The van der Waals surface area contributed by atoms with Gasteiger partial charge in [-0.2, -0.15) is 8.42 Å². The Balaban J connectivity index is 1.79. The minimum absolute atomic E-state index is 0.0111. The highest BCUT2D eigenvalue weighted by Crippen LogP contribution is 2.28. The molecule has 0 unspecified atom stereocenters. The first kappa shape index (κ1) is 26.7. The van der Waals surface area contributed by atoms with E-state index in [1.54, 1.807) is 24.3 Å². The van der Waals surface area contributed by atoms with E-state index in [1.165, 1.54) is 24.3 Å². The van der Waals surface area contributed by atoms with Crippen molar-refractivity contribution in [2.24, 2.45) is 5.92 Å². The molecule has 0 heterocycles. The predicted molar refractivity (Wildman–Crippen MR) is 134 cm³/mol. The monoisotopic (exact) mass is 582 g/mol. The van der Waals surface area contributed by atoms with Gasteiger partial charge in [-0.15, -0.1) is 0 Å². The van der Waals surface area contributed by atoms with E-state index in [2.05, 4.69) is 15.9 Å². The van der Waals surface area contributed by atoms with Crippen LogP contribution < -0.4 is 0 Å². The van der Waals surface area contributed by atoms with Crippen LogP contribution in [0.5, 0.6) is 0 Å². The van der Waals surface area contributed by atoms with Crippen molar-refractivity contribution in [1.29, 1.82) is 0 Å². The summed E-state index contributed by atoms with van der Waals surface area (Å²) in [5.41, 5.74) is 0.481. The molecule has 9 nitrogen and oxygen atoms in total. The third-order valence-corrected chi connectivity index (χ3v) is 7.37. The van der Waals surface area contributed by atoms with E-state index in [9.17, 15) is 28.6 Å². The van der Waals surface area contributed by atoms with Crippen molar-refractivity contribution in [1.82, 2.24) is 0 Å². The fourth-order valence-corrected chi connectivity index (χ4v) is 4.83. The summed E-state index contributed by atoms with van der Waals surface area (Å²) in [5, 5.41) is 23.0. The second-order valence-corrected chi connectivity index (χ2v) is 10.7. The highest BCUT2D eigenvalue weighted by Gasteiger charge is 2.23. The van der Waals surface area contributed by atoms with Crippen LogP contribution in [0.15, 0.2) is 76.1 Å². The van der Waals surface area contributed by atoms with Crippen molar-refractivity contribution < 1.29 is 22.4 Å². The average Bonchev–Trinajstić information content (AvgIpc) is 2.82. The molecule has 0 aliphatic rings. The Labute approximate surface area is 215 Å². The second-order valence-electron chi connectivity index (χ2n) is 7.76. The van der Waals surface area contributed by atoms with E-state index < -0.39 is 20.0 Å². The second kappa shape index (κ2) is 11.7. The van der Waals surface area contributed by atoms with Gasteiger partial charge in [0.2, 0.25) is 0 Å². The summed E-state index contributed by atoms with van der Waals surface area (Å²) in [4.78, 5) is 21.1. The fourth-order valence-electron chi connectivity index (χ4n) is 3.46. The first-order valence-electron chi connectivity index (χ1n) is 10.4. The van der Waals surface area contributed by atoms with Crippen LogP contribution in [0, 0.1) is 26.1 Å². The van der Waals surface area contributed by atoms with Crippen molar-refractivity contribution >= 4 is 49.0 Å². The predicted octanol–water partition coefficient (Wildman–Crippen LogP) is 6.12. The maximum Gasteiger partial charge on any atom is 0.296 e. The zero-order valence-electron chi connectivity index (χ0n) is 18.2. The molecule has 0 spiro atoms. The van der Waals surface area contributed by atoms with Gasteiger partial charge >= 0.3 is 0 Å². The molecule has 12 heteroatoms. The largest absolute Gasteiger partial charge is 0.296 e. The van der Waals surface area contributed by atoms with Crippen LogP contribution in [0.25, 0.3) is 0 Å². The molecule has 0 fully saturated rings. The lowest BCUT2D eigenvalue weighted by atomic mass is 9.93. The Bertz CT molecular complexity index is 1320. The minimum Gasteiger partial charge on any atom is -0.266 e. The number of nitro benzene ring substituents is 2. The normalized spacial score (nSPS) is 12.3. The Kier molecular flexibility index (Phi) is 8.95. The van der Waals surface area contributed by atoms with Crippen LogP contribution in [0.4, 0.5) is 11.4 Å². The summed E-state index contributed by atoms with van der Waals surface area (Å²) in [6.45, 7) is -0.151.